The van der Waals surface area contributed by atoms with Gasteiger partial charge in [0.05, 0.1) is 0 Å². The van der Waals surface area contributed by atoms with E-state index in [9.17, 15) is 0 Å². The summed E-state index contributed by atoms with van der Waals surface area (Å²) in [5, 5.41) is 0. The smallest absolute Gasteiger partial charge is 0.147 e. The predicted molar refractivity (Wildman–Crippen MR) is 201 cm³/mol. The van der Waals surface area contributed by atoms with Crippen molar-refractivity contribution in [1.29, 1.82) is 0 Å². The van der Waals surface area contributed by atoms with E-state index < -0.39 is 17.4 Å². The largest absolute Gasteiger partial charge is 0.147 e. The minimum atomic E-state index is -3.79. The van der Waals surface area contributed by atoms with Gasteiger partial charge in [-0.15, -0.1) is 24.8 Å². The summed E-state index contributed by atoms with van der Waals surface area (Å²) < 4.78 is 6.40. The van der Waals surface area contributed by atoms with E-state index in [1.165, 1.54) is 61.2 Å². The summed E-state index contributed by atoms with van der Waals surface area (Å²) in [4.78, 5) is 0. The molecule has 0 radical (unpaired) electrons. The molecule has 4 heteroatoms. The summed E-state index contributed by atoms with van der Waals surface area (Å²) in [6.07, 6.45) is 5.10. The van der Waals surface area contributed by atoms with Gasteiger partial charge in [-0.1, -0.05) is 0 Å². The average Bonchev–Trinajstić information content (AvgIpc) is 3.59. The Morgan fingerprint density at radius 2 is 1.11 bits per heavy atom. The summed E-state index contributed by atoms with van der Waals surface area (Å²) in [5.74, 6) is 0. The van der Waals surface area contributed by atoms with E-state index >= 15 is 0 Å². The van der Waals surface area contributed by atoms with Crippen molar-refractivity contribution in [3.8, 4) is 22.3 Å². The van der Waals surface area contributed by atoms with E-state index in [4.69, 9.17) is 0 Å². The third-order valence-electron chi connectivity index (χ3n) is 10.1. The van der Waals surface area contributed by atoms with Gasteiger partial charge in [0, 0.05) is 0 Å². The Morgan fingerprint density at radius 1 is 0.533 bits per heavy atom. The molecule has 0 heterocycles. The standard InChI is InChI=1S/C22H17.C17H15.2CH3.2ClH.H2Si.Zr/c1-16-10-12-17(13-11-16)20-14-19-8-5-9-21(22(19)15-20)18-6-3-2-4-7-18;1-12-10-16-13(2)8-9-15(17(16)11-12)14-6-4-3-5-7-14;;;;;;/h2-15H,1H3;3-11H,1-2H3;2*1H3;2*1H;1H2;. The topological polar surface area (TPSA) is 0 Å². The van der Waals surface area contributed by atoms with Gasteiger partial charge in [-0.25, -0.2) is 0 Å². The van der Waals surface area contributed by atoms with E-state index in [2.05, 4.69) is 164 Å². The van der Waals surface area contributed by atoms with Crippen LogP contribution in [0.25, 0.3) is 40.0 Å². The van der Waals surface area contributed by atoms with Crippen LogP contribution in [0.3, 0.4) is 0 Å². The Labute approximate surface area is 284 Å². The zero-order valence-corrected chi connectivity index (χ0v) is 32.3. The number of halogens is 2. The van der Waals surface area contributed by atoms with Crippen LogP contribution in [0.1, 0.15) is 53.1 Å². The predicted octanol–water partition coefficient (Wildman–Crippen LogP) is 11.6. The fraction of sp³-hybridized carbons (Fsp3) is 0.171. The Bertz CT molecular complexity index is 2020. The second-order valence-corrected chi connectivity index (χ2v) is 44.4. The van der Waals surface area contributed by atoms with Crippen molar-refractivity contribution in [3.05, 3.63) is 160 Å². The summed E-state index contributed by atoms with van der Waals surface area (Å²) >= 11 is -3.79. The molecule has 2 atom stereocenters. The van der Waals surface area contributed by atoms with Gasteiger partial charge in [-0.2, -0.15) is 0 Å². The molecule has 0 aromatic heterocycles. The molecular formula is C41H42Cl2SiZr. The summed E-state index contributed by atoms with van der Waals surface area (Å²) in [6.45, 7) is 9.38. The second-order valence-electron chi connectivity index (χ2n) is 14.0. The first-order valence-electron chi connectivity index (χ1n) is 15.5. The average molecular weight is 725 g/mol. The van der Waals surface area contributed by atoms with Crippen molar-refractivity contribution in [2.24, 2.45) is 0 Å². The van der Waals surface area contributed by atoms with Crippen LogP contribution in [0.5, 0.6) is 0 Å². The van der Waals surface area contributed by atoms with E-state index in [-0.39, 0.29) is 24.8 Å². The molecular weight excluding hydrogens is 683 g/mol. The van der Waals surface area contributed by atoms with Crippen LogP contribution >= 0.6 is 24.8 Å². The van der Waals surface area contributed by atoms with Gasteiger partial charge in [-0.3, -0.25) is 0 Å². The molecule has 0 bridgehead atoms. The van der Waals surface area contributed by atoms with Crippen molar-refractivity contribution in [1.82, 2.24) is 0 Å². The van der Waals surface area contributed by atoms with E-state index in [1.807, 2.05) is 0 Å². The number of allylic oxidation sites excluding steroid dienone is 2. The third-order valence-corrected chi connectivity index (χ3v) is 27.6. The van der Waals surface area contributed by atoms with Gasteiger partial charge in [0.25, 0.3) is 0 Å². The molecule has 0 amide bonds. The van der Waals surface area contributed by atoms with Gasteiger partial charge < -0.3 is 0 Å². The molecule has 5 aromatic rings. The maximum atomic E-state index is 2.75. The summed E-state index contributed by atoms with van der Waals surface area (Å²) in [6, 6.07) is 43.0. The van der Waals surface area contributed by atoms with Crippen LogP contribution in [-0.2, 0) is 17.4 Å². The van der Waals surface area contributed by atoms with Gasteiger partial charge in [0.1, 0.15) is 0 Å². The molecule has 2 aliphatic carbocycles. The maximum Gasteiger partial charge on any atom is -0.147 e. The van der Waals surface area contributed by atoms with E-state index in [0.717, 1.165) is 0 Å². The molecule has 2 unspecified atom stereocenters. The van der Waals surface area contributed by atoms with Crippen molar-refractivity contribution >= 4 is 49.4 Å². The van der Waals surface area contributed by atoms with Crippen LogP contribution in [0, 0.1) is 13.8 Å². The molecule has 5 aromatic carbocycles. The number of hydrogen-bond donors (Lipinski definition) is 0. The fourth-order valence-electron chi connectivity index (χ4n) is 8.37. The minimum absolute atomic E-state index is 0. The Morgan fingerprint density at radius 3 is 1.71 bits per heavy atom. The van der Waals surface area contributed by atoms with Gasteiger partial charge in [0.15, 0.2) is 0 Å². The molecule has 0 spiro atoms. The SMILES string of the molecule is CC1=Cc2c(-c3ccccc3)ccc(C)c2[CH]1[Zr]([CH3])([CH3])(=[SiH2])[CH]1C(c2ccc(C)cc2)=Cc2c(-c3ccccc3)cccc21.Cl.Cl. The van der Waals surface area contributed by atoms with Crippen LogP contribution in [-0.4, -0.2) is 6.88 Å². The molecule has 0 N–H and O–H groups in total. The first-order chi connectivity index (χ1) is 20.6. The van der Waals surface area contributed by atoms with Crippen LogP contribution in [0.15, 0.2) is 121 Å². The van der Waals surface area contributed by atoms with Crippen molar-refractivity contribution in [2.75, 3.05) is 0 Å². The Balaban J connectivity index is 0.00000200. The van der Waals surface area contributed by atoms with Crippen molar-refractivity contribution < 1.29 is 17.4 Å². The quantitative estimate of drug-likeness (QED) is 0.158. The van der Waals surface area contributed by atoms with Crippen molar-refractivity contribution in [3.63, 3.8) is 0 Å². The zero-order valence-electron chi connectivity index (χ0n) is 26.8. The second kappa shape index (κ2) is 12.5. The zero-order chi connectivity index (χ0) is 30.0. The first-order valence-corrected chi connectivity index (χ1v) is 29.2. The molecule has 0 saturated heterocycles. The van der Waals surface area contributed by atoms with Crippen LogP contribution < -0.4 is 0 Å². The molecule has 0 nitrogen and oxygen atoms in total. The Hall–Kier alpha value is -2.74. The summed E-state index contributed by atoms with van der Waals surface area (Å²) in [5.41, 5.74) is 18.5. The number of aryl methyl sites for hydroxylation is 2. The molecule has 228 valence electrons. The maximum absolute atomic E-state index is 3.79. The number of hydrogen-bond acceptors (Lipinski definition) is 0. The fourth-order valence-corrected chi connectivity index (χ4v) is 28.3. The monoisotopic (exact) mass is 722 g/mol. The third kappa shape index (κ3) is 5.63. The van der Waals surface area contributed by atoms with Gasteiger partial charge in [-0.05, 0) is 0 Å². The van der Waals surface area contributed by atoms with E-state index in [1.54, 1.807) is 11.1 Å². The number of fused-ring (bicyclic) bond motifs is 2. The van der Waals surface area contributed by atoms with Crippen molar-refractivity contribution in [2.45, 2.75) is 37.3 Å². The van der Waals surface area contributed by atoms with Crippen LogP contribution in [0.2, 0.25) is 9.26 Å². The number of benzene rings is 5. The van der Waals surface area contributed by atoms with Gasteiger partial charge >= 0.3 is 261 Å². The first kappa shape index (κ1) is 33.6. The molecule has 0 saturated carbocycles. The normalized spacial score (nSPS) is 16.9. The van der Waals surface area contributed by atoms with Crippen LogP contribution in [0.4, 0.5) is 0 Å². The molecule has 2 aliphatic rings. The summed E-state index contributed by atoms with van der Waals surface area (Å²) in [7, 11) is 0. The van der Waals surface area contributed by atoms with Gasteiger partial charge in [0.2, 0.25) is 0 Å². The molecule has 45 heavy (non-hydrogen) atoms. The Kier molecular flexibility index (Phi) is 9.31. The van der Waals surface area contributed by atoms with E-state index in [0.29, 0.717) is 7.25 Å². The number of rotatable bonds is 5. The molecule has 7 rings (SSSR count). The molecule has 0 fully saturated rings. The molecule has 0 aliphatic heterocycles. The minimum Gasteiger partial charge on any atom is -0.147 e.